The zero-order valence-corrected chi connectivity index (χ0v) is 10.8. The first-order valence-electron chi connectivity index (χ1n) is 5.38. The van der Waals surface area contributed by atoms with Gasteiger partial charge in [0.15, 0.2) is 0 Å². The van der Waals surface area contributed by atoms with E-state index in [1.165, 1.54) is 17.5 Å². The number of para-hydroxylation sites is 1. The molecule has 0 amide bonds. The maximum Gasteiger partial charge on any atom is 0.132 e. The van der Waals surface area contributed by atoms with E-state index >= 15 is 0 Å². The zero-order valence-electron chi connectivity index (χ0n) is 9.25. The highest BCUT2D eigenvalue weighted by Gasteiger charge is 2.17. The van der Waals surface area contributed by atoms with Crippen LogP contribution in [0, 0.1) is 0 Å². The van der Waals surface area contributed by atoms with Gasteiger partial charge in [-0.15, -0.1) is 11.3 Å². The molecule has 0 aliphatic rings. The number of hydrogen-bond acceptors (Lipinski definition) is 4. The number of benzene rings is 1. The Labute approximate surface area is 113 Å². The second-order valence-corrected chi connectivity index (χ2v) is 5.29. The highest BCUT2D eigenvalue weighted by Crippen LogP contribution is 2.32. The molecule has 3 aromatic rings. The highest BCUT2D eigenvalue weighted by molar-refractivity contribution is 7.18. The first-order valence-corrected chi connectivity index (χ1v) is 6.58. The summed E-state index contributed by atoms with van der Waals surface area (Å²) in [7, 11) is 0. The van der Waals surface area contributed by atoms with Crippen molar-refractivity contribution in [2.45, 2.75) is 6.10 Å². The van der Waals surface area contributed by atoms with Crippen LogP contribution in [0.15, 0.2) is 42.7 Å². The van der Waals surface area contributed by atoms with Crippen LogP contribution in [0.5, 0.6) is 0 Å². The van der Waals surface area contributed by atoms with E-state index in [1.54, 1.807) is 12.3 Å². The number of thiazole rings is 1. The first-order chi connectivity index (χ1) is 8.75. The Morgan fingerprint density at radius 2 is 2.06 bits per heavy atom. The molecule has 0 fully saturated rings. The quantitative estimate of drug-likeness (QED) is 0.780. The van der Waals surface area contributed by atoms with E-state index < -0.39 is 6.10 Å². The van der Waals surface area contributed by atoms with Gasteiger partial charge in [-0.1, -0.05) is 23.7 Å². The molecule has 3 nitrogen and oxygen atoms in total. The second kappa shape index (κ2) is 4.65. The van der Waals surface area contributed by atoms with E-state index in [4.69, 9.17) is 11.6 Å². The standard InChI is InChI=1S/C13H9ClN2OS/c14-9-7-15-6-5-8(9)12(17)13-16-10-3-1-2-4-11(10)18-13/h1-7,12,17H. The number of aliphatic hydroxyl groups is 1. The third-order valence-electron chi connectivity index (χ3n) is 2.64. The van der Waals surface area contributed by atoms with Gasteiger partial charge in [-0.05, 0) is 18.2 Å². The maximum absolute atomic E-state index is 10.3. The second-order valence-electron chi connectivity index (χ2n) is 3.82. The van der Waals surface area contributed by atoms with E-state index in [1.807, 2.05) is 24.3 Å². The summed E-state index contributed by atoms with van der Waals surface area (Å²) in [6, 6.07) is 9.50. The number of aliphatic hydroxyl groups excluding tert-OH is 1. The SMILES string of the molecule is OC(c1nc2ccccc2s1)c1ccncc1Cl. The number of aromatic nitrogens is 2. The molecule has 3 rings (SSSR count). The van der Waals surface area contributed by atoms with Crippen LogP contribution in [-0.4, -0.2) is 15.1 Å². The van der Waals surface area contributed by atoms with Gasteiger partial charge in [0.25, 0.3) is 0 Å². The van der Waals surface area contributed by atoms with Gasteiger partial charge >= 0.3 is 0 Å². The molecule has 1 atom stereocenters. The number of nitrogens with zero attached hydrogens (tertiary/aromatic N) is 2. The minimum absolute atomic E-state index is 0.448. The van der Waals surface area contributed by atoms with Crippen molar-refractivity contribution in [2.75, 3.05) is 0 Å². The Hall–Kier alpha value is -1.49. The summed E-state index contributed by atoms with van der Waals surface area (Å²) in [4.78, 5) is 8.32. The van der Waals surface area contributed by atoms with E-state index in [9.17, 15) is 5.11 Å². The van der Waals surface area contributed by atoms with Crippen molar-refractivity contribution in [3.8, 4) is 0 Å². The maximum atomic E-state index is 10.3. The molecule has 2 heterocycles. The zero-order chi connectivity index (χ0) is 12.5. The van der Waals surface area contributed by atoms with Gasteiger partial charge in [0.05, 0.1) is 15.2 Å². The molecule has 90 valence electrons. The number of rotatable bonds is 2. The molecule has 5 heteroatoms. The fourth-order valence-corrected chi connectivity index (χ4v) is 2.94. The topological polar surface area (TPSA) is 46.0 Å². The summed E-state index contributed by atoms with van der Waals surface area (Å²) in [5.41, 5.74) is 1.52. The minimum atomic E-state index is -0.807. The van der Waals surface area contributed by atoms with Gasteiger partial charge in [-0.25, -0.2) is 4.98 Å². The lowest BCUT2D eigenvalue weighted by Gasteiger charge is -2.08. The van der Waals surface area contributed by atoms with Crippen molar-refractivity contribution in [3.05, 3.63) is 58.3 Å². The van der Waals surface area contributed by atoms with Gasteiger partial charge in [-0.2, -0.15) is 0 Å². The molecule has 0 saturated heterocycles. The average Bonchev–Trinajstić information content (AvgIpc) is 2.82. The Balaban J connectivity index is 2.07. The van der Waals surface area contributed by atoms with Gasteiger partial charge in [-0.3, -0.25) is 4.98 Å². The summed E-state index contributed by atoms with van der Waals surface area (Å²) in [5, 5.41) is 11.4. The highest BCUT2D eigenvalue weighted by atomic mass is 35.5. The summed E-state index contributed by atoms with van der Waals surface area (Å²) in [6.45, 7) is 0. The Morgan fingerprint density at radius 3 is 2.83 bits per heavy atom. The molecule has 2 aromatic heterocycles. The molecule has 1 N–H and O–H groups in total. The summed E-state index contributed by atoms with van der Waals surface area (Å²) in [6.07, 6.45) is 2.32. The lowest BCUT2D eigenvalue weighted by Crippen LogP contribution is -1.99. The fourth-order valence-electron chi connectivity index (χ4n) is 1.75. The molecular weight excluding hydrogens is 268 g/mol. The van der Waals surface area contributed by atoms with Crippen LogP contribution in [0.2, 0.25) is 5.02 Å². The van der Waals surface area contributed by atoms with Gasteiger partial charge in [0, 0.05) is 18.0 Å². The van der Waals surface area contributed by atoms with Crippen LogP contribution in [0.4, 0.5) is 0 Å². The number of fused-ring (bicyclic) bond motifs is 1. The molecule has 1 aromatic carbocycles. The molecule has 0 aliphatic carbocycles. The Kier molecular flexibility index (Phi) is 2.99. The molecular formula is C13H9ClN2OS. The van der Waals surface area contributed by atoms with Crippen LogP contribution in [0.3, 0.4) is 0 Å². The van der Waals surface area contributed by atoms with E-state index in [0.29, 0.717) is 15.6 Å². The van der Waals surface area contributed by atoms with E-state index in [0.717, 1.165) is 10.2 Å². The van der Waals surface area contributed by atoms with E-state index in [2.05, 4.69) is 9.97 Å². The van der Waals surface area contributed by atoms with Crippen LogP contribution < -0.4 is 0 Å². The average molecular weight is 277 g/mol. The molecule has 0 aliphatic heterocycles. The van der Waals surface area contributed by atoms with Crippen molar-refractivity contribution in [1.82, 2.24) is 9.97 Å². The monoisotopic (exact) mass is 276 g/mol. The third-order valence-corrected chi connectivity index (χ3v) is 4.05. The number of pyridine rings is 1. The van der Waals surface area contributed by atoms with Crippen LogP contribution in [-0.2, 0) is 0 Å². The van der Waals surface area contributed by atoms with Crippen LogP contribution in [0.1, 0.15) is 16.7 Å². The van der Waals surface area contributed by atoms with Crippen molar-refractivity contribution < 1.29 is 5.11 Å². The normalized spacial score (nSPS) is 12.8. The molecule has 18 heavy (non-hydrogen) atoms. The lowest BCUT2D eigenvalue weighted by molar-refractivity contribution is 0.220. The predicted molar refractivity (Wildman–Crippen MR) is 72.9 cm³/mol. The Morgan fingerprint density at radius 1 is 1.22 bits per heavy atom. The Bertz CT molecular complexity index is 665. The third kappa shape index (κ3) is 1.99. The molecule has 0 saturated carbocycles. The smallest absolute Gasteiger partial charge is 0.132 e. The largest absolute Gasteiger partial charge is 0.381 e. The van der Waals surface area contributed by atoms with Crippen molar-refractivity contribution in [1.29, 1.82) is 0 Å². The van der Waals surface area contributed by atoms with E-state index in [-0.39, 0.29) is 0 Å². The molecule has 0 spiro atoms. The number of hydrogen-bond donors (Lipinski definition) is 1. The molecule has 0 radical (unpaired) electrons. The summed E-state index contributed by atoms with van der Waals surface area (Å²) in [5.74, 6) is 0. The summed E-state index contributed by atoms with van der Waals surface area (Å²) >= 11 is 7.49. The number of halogens is 1. The minimum Gasteiger partial charge on any atom is -0.381 e. The van der Waals surface area contributed by atoms with Crippen LogP contribution >= 0.6 is 22.9 Å². The molecule has 0 bridgehead atoms. The van der Waals surface area contributed by atoms with Crippen molar-refractivity contribution in [3.63, 3.8) is 0 Å². The lowest BCUT2D eigenvalue weighted by atomic mass is 10.1. The summed E-state index contributed by atoms with van der Waals surface area (Å²) < 4.78 is 1.05. The van der Waals surface area contributed by atoms with Gasteiger partial charge in [0.2, 0.25) is 0 Å². The van der Waals surface area contributed by atoms with Crippen molar-refractivity contribution >= 4 is 33.2 Å². The predicted octanol–water partition coefficient (Wildman–Crippen LogP) is 3.43. The first kappa shape index (κ1) is 11.6. The fraction of sp³-hybridized carbons (Fsp3) is 0.0769. The van der Waals surface area contributed by atoms with Crippen LogP contribution in [0.25, 0.3) is 10.2 Å². The van der Waals surface area contributed by atoms with Crippen molar-refractivity contribution in [2.24, 2.45) is 0 Å². The van der Waals surface area contributed by atoms with Gasteiger partial charge < -0.3 is 5.11 Å². The van der Waals surface area contributed by atoms with Gasteiger partial charge in [0.1, 0.15) is 11.1 Å². The molecule has 1 unspecified atom stereocenters.